The first kappa shape index (κ1) is 17.3. The minimum Gasteiger partial charge on any atom is -0.496 e. The zero-order chi connectivity index (χ0) is 15.3. The van der Waals surface area contributed by atoms with Gasteiger partial charge in [-0.15, -0.1) is 0 Å². The Morgan fingerprint density at radius 1 is 1.40 bits per heavy atom. The summed E-state index contributed by atoms with van der Waals surface area (Å²) in [5.74, 6) is -0.489. The van der Waals surface area contributed by atoms with Crippen LogP contribution in [0.5, 0.6) is 5.75 Å². The monoisotopic (exact) mass is 417 g/mol. The van der Waals surface area contributed by atoms with Crippen LogP contribution in [0.15, 0.2) is 22.7 Å². The number of methoxy groups -OCH3 is 1. The Labute approximate surface area is 131 Å². The number of hydrogen-bond donors (Lipinski definition) is 0. The van der Waals surface area contributed by atoms with Crippen molar-refractivity contribution < 1.29 is 22.7 Å². The fourth-order valence-corrected chi connectivity index (χ4v) is 2.35. The Hall–Kier alpha value is -0.760. The maximum atomic E-state index is 12.5. The van der Waals surface area contributed by atoms with E-state index in [0.717, 1.165) is 4.90 Å². The molecule has 0 saturated heterocycles. The van der Waals surface area contributed by atoms with E-state index in [1.54, 1.807) is 6.07 Å². The third kappa shape index (κ3) is 4.97. The molecule has 112 valence electrons. The van der Waals surface area contributed by atoms with Gasteiger partial charge in [0.2, 0.25) is 0 Å². The molecule has 3 nitrogen and oxygen atoms in total. The average molecular weight is 419 g/mol. The van der Waals surface area contributed by atoms with Crippen LogP contribution in [0.3, 0.4) is 0 Å². The van der Waals surface area contributed by atoms with Crippen molar-refractivity contribution in [1.82, 2.24) is 4.90 Å². The molecule has 8 heteroatoms. The standard InChI is InChI=1S/C12H12Br2F3NO2/c1-20-10-6-8(14)2-3-9(10)11(19)18(5-4-13)7-12(15,16)17/h2-3,6H,4-5,7H2,1H3. The number of benzene rings is 1. The molecule has 0 aliphatic carbocycles. The second kappa shape index (κ2) is 7.31. The first-order valence-corrected chi connectivity index (χ1v) is 7.45. The lowest BCUT2D eigenvalue weighted by Crippen LogP contribution is -2.40. The second-order valence-electron chi connectivity index (χ2n) is 3.88. The van der Waals surface area contributed by atoms with Crippen LogP contribution >= 0.6 is 31.9 Å². The number of alkyl halides is 4. The van der Waals surface area contributed by atoms with Crippen molar-refractivity contribution in [1.29, 1.82) is 0 Å². The van der Waals surface area contributed by atoms with Crippen molar-refractivity contribution in [3.63, 3.8) is 0 Å². The third-order valence-electron chi connectivity index (χ3n) is 2.41. The van der Waals surface area contributed by atoms with Crippen LogP contribution in [0.25, 0.3) is 0 Å². The quantitative estimate of drug-likeness (QED) is 0.679. The SMILES string of the molecule is COc1cc(Br)ccc1C(=O)N(CCBr)CC(F)(F)F. The zero-order valence-corrected chi connectivity index (χ0v) is 13.7. The highest BCUT2D eigenvalue weighted by Gasteiger charge is 2.33. The Balaban J connectivity index is 3.06. The molecule has 0 saturated carbocycles. The van der Waals surface area contributed by atoms with Gasteiger partial charge in [0.05, 0.1) is 12.7 Å². The molecular weight excluding hydrogens is 407 g/mol. The molecule has 20 heavy (non-hydrogen) atoms. The van der Waals surface area contributed by atoms with Crippen LogP contribution in [-0.4, -0.2) is 42.5 Å². The number of nitrogens with zero attached hydrogens (tertiary/aromatic N) is 1. The van der Waals surface area contributed by atoms with Gasteiger partial charge >= 0.3 is 6.18 Å². The number of rotatable bonds is 5. The topological polar surface area (TPSA) is 29.5 Å². The van der Waals surface area contributed by atoms with Crippen LogP contribution < -0.4 is 4.74 Å². The van der Waals surface area contributed by atoms with E-state index in [2.05, 4.69) is 31.9 Å². The van der Waals surface area contributed by atoms with Gasteiger partial charge < -0.3 is 9.64 Å². The molecule has 0 atom stereocenters. The maximum absolute atomic E-state index is 12.5. The average Bonchev–Trinajstić information content (AvgIpc) is 2.35. The molecule has 0 fully saturated rings. The number of carbonyl (C=O) groups excluding carboxylic acids is 1. The van der Waals surface area contributed by atoms with Crippen molar-refractivity contribution >= 4 is 37.8 Å². The molecule has 0 aliphatic rings. The molecule has 0 bridgehead atoms. The predicted octanol–water partition coefficient (Wildman–Crippen LogP) is 3.86. The largest absolute Gasteiger partial charge is 0.496 e. The molecule has 0 radical (unpaired) electrons. The van der Waals surface area contributed by atoms with E-state index in [4.69, 9.17) is 4.74 Å². The van der Waals surface area contributed by atoms with Gasteiger partial charge in [-0.05, 0) is 18.2 Å². The molecule has 1 amide bonds. The summed E-state index contributed by atoms with van der Waals surface area (Å²) in [5, 5.41) is 0.258. The zero-order valence-electron chi connectivity index (χ0n) is 10.5. The maximum Gasteiger partial charge on any atom is 0.406 e. The second-order valence-corrected chi connectivity index (χ2v) is 5.58. The summed E-state index contributed by atoms with van der Waals surface area (Å²) in [6.45, 7) is -1.34. The highest BCUT2D eigenvalue weighted by atomic mass is 79.9. The van der Waals surface area contributed by atoms with Crippen molar-refractivity contribution in [3.05, 3.63) is 28.2 Å². The number of ether oxygens (including phenoxy) is 1. The van der Waals surface area contributed by atoms with E-state index >= 15 is 0 Å². The fourth-order valence-electron chi connectivity index (χ4n) is 1.58. The molecule has 0 spiro atoms. The van der Waals surface area contributed by atoms with E-state index in [-0.39, 0.29) is 23.2 Å². The summed E-state index contributed by atoms with van der Waals surface area (Å²) < 4.78 is 43.2. The molecule has 1 aromatic rings. The fraction of sp³-hybridized carbons (Fsp3) is 0.417. The van der Waals surface area contributed by atoms with Gasteiger partial charge in [-0.25, -0.2) is 0 Å². The minimum atomic E-state index is -4.44. The lowest BCUT2D eigenvalue weighted by molar-refractivity contribution is -0.140. The van der Waals surface area contributed by atoms with Crippen LogP contribution in [0.1, 0.15) is 10.4 Å². The van der Waals surface area contributed by atoms with E-state index in [1.807, 2.05) is 0 Å². The Morgan fingerprint density at radius 3 is 2.55 bits per heavy atom. The van der Waals surface area contributed by atoms with Crippen LogP contribution in [-0.2, 0) is 0 Å². The van der Waals surface area contributed by atoms with Gasteiger partial charge in [-0.1, -0.05) is 31.9 Å². The molecular formula is C12H12Br2F3NO2. The summed E-state index contributed by atoms with van der Waals surface area (Å²) in [7, 11) is 1.36. The Morgan fingerprint density at radius 2 is 2.05 bits per heavy atom. The first-order chi connectivity index (χ1) is 9.28. The molecule has 0 N–H and O–H groups in total. The highest BCUT2D eigenvalue weighted by molar-refractivity contribution is 9.10. The lowest BCUT2D eigenvalue weighted by Gasteiger charge is -2.24. The molecule has 1 rings (SSSR count). The van der Waals surface area contributed by atoms with Gasteiger partial charge in [-0.3, -0.25) is 4.79 Å². The molecule has 0 aromatic heterocycles. The smallest absolute Gasteiger partial charge is 0.406 e. The summed E-state index contributed by atoms with van der Waals surface area (Å²) in [6.07, 6.45) is -4.44. The number of carbonyl (C=O) groups is 1. The Kier molecular flexibility index (Phi) is 6.32. The third-order valence-corrected chi connectivity index (χ3v) is 3.25. The van der Waals surface area contributed by atoms with Crippen molar-refractivity contribution in [3.8, 4) is 5.75 Å². The molecule has 0 unspecified atom stereocenters. The van der Waals surface area contributed by atoms with Crippen molar-refractivity contribution in [2.45, 2.75) is 6.18 Å². The van der Waals surface area contributed by atoms with Gasteiger partial charge in [-0.2, -0.15) is 13.2 Å². The van der Waals surface area contributed by atoms with Crippen LogP contribution in [0.2, 0.25) is 0 Å². The van der Waals surface area contributed by atoms with Gasteiger partial charge in [0.15, 0.2) is 0 Å². The summed E-state index contributed by atoms with van der Waals surface area (Å²) in [5.41, 5.74) is 0.0981. The van der Waals surface area contributed by atoms with Gasteiger partial charge in [0, 0.05) is 16.3 Å². The summed E-state index contributed by atoms with van der Waals surface area (Å²) in [6, 6.07) is 4.55. The van der Waals surface area contributed by atoms with E-state index in [1.165, 1.54) is 19.2 Å². The predicted molar refractivity (Wildman–Crippen MR) is 76.4 cm³/mol. The highest BCUT2D eigenvalue weighted by Crippen LogP contribution is 2.26. The van der Waals surface area contributed by atoms with Crippen LogP contribution in [0.4, 0.5) is 13.2 Å². The van der Waals surface area contributed by atoms with Crippen molar-refractivity contribution in [2.75, 3.05) is 25.5 Å². The first-order valence-electron chi connectivity index (χ1n) is 5.54. The normalized spacial score (nSPS) is 11.3. The Bertz CT molecular complexity index is 480. The van der Waals surface area contributed by atoms with E-state index < -0.39 is 18.6 Å². The van der Waals surface area contributed by atoms with Crippen molar-refractivity contribution in [2.24, 2.45) is 0 Å². The van der Waals surface area contributed by atoms with E-state index in [0.29, 0.717) is 4.47 Å². The van der Waals surface area contributed by atoms with Gasteiger partial charge in [0.1, 0.15) is 12.3 Å². The molecule has 0 aliphatic heterocycles. The number of amides is 1. The minimum absolute atomic E-state index is 0.0441. The van der Waals surface area contributed by atoms with Gasteiger partial charge in [0.25, 0.3) is 5.91 Å². The number of halogens is 5. The summed E-state index contributed by atoms with van der Waals surface area (Å²) in [4.78, 5) is 12.9. The lowest BCUT2D eigenvalue weighted by atomic mass is 10.1. The van der Waals surface area contributed by atoms with Crippen LogP contribution in [0, 0.1) is 0 Å². The summed E-state index contributed by atoms with van der Waals surface area (Å²) >= 11 is 6.26. The molecule has 1 aromatic carbocycles. The number of hydrogen-bond acceptors (Lipinski definition) is 2. The van der Waals surface area contributed by atoms with E-state index in [9.17, 15) is 18.0 Å². The molecule has 0 heterocycles.